The van der Waals surface area contributed by atoms with Gasteiger partial charge in [-0.2, -0.15) is 0 Å². The lowest BCUT2D eigenvalue weighted by Crippen LogP contribution is -2.48. The fourth-order valence-corrected chi connectivity index (χ4v) is 2.18. The molecular formula is C12H15IN2O2. The summed E-state index contributed by atoms with van der Waals surface area (Å²) in [5, 5.41) is 0. The molecule has 0 saturated carbocycles. The smallest absolute Gasteiger partial charge is 0.254 e. The van der Waals surface area contributed by atoms with Crippen LogP contribution in [0.1, 0.15) is 10.4 Å². The Hall–Kier alpha value is -0.660. The van der Waals surface area contributed by atoms with Crippen LogP contribution in [0.5, 0.6) is 0 Å². The number of morpholine rings is 1. The largest absolute Gasteiger partial charge is 0.373 e. The van der Waals surface area contributed by atoms with Gasteiger partial charge in [0.25, 0.3) is 5.91 Å². The van der Waals surface area contributed by atoms with Gasteiger partial charge in [-0.25, -0.2) is 0 Å². The first-order valence-corrected chi connectivity index (χ1v) is 6.65. The van der Waals surface area contributed by atoms with Gasteiger partial charge < -0.3 is 15.4 Å². The molecule has 1 amide bonds. The Bertz CT molecular complexity index is 394. The third-order valence-corrected chi connectivity index (χ3v) is 3.50. The lowest BCUT2D eigenvalue weighted by Gasteiger charge is -2.32. The highest BCUT2D eigenvalue weighted by Crippen LogP contribution is 2.12. The molecule has 1 heterocycles. The highest BCUT2D eigenvalue weighted by molar-refractivity contribution is 14.1. The number of hydrogen-bond acceptors (Lipinski definition) is 3. The van der Waals surface area contributed by atoms with Crippen molar-refractivity contribution < 1.29 is 9.53 Å². The van der Waals surface area contributed by atoms with Gasteiger partial charge in [0.2, 0.25) is 0 Å². The summed E-state index contributed by atoms with van der Waals surface area (Å²) in [7, 11) is 0. The van der Waals surface area contributed by atoms with Crippen molar-refractivity contribution in [3.8, 4) is 0 Å². The Kier molecular flexibility index (Phi) is 4.36. The number of nitrogens with zero attached hydrogens (tertiary/aromatic N) is 1. The lowest BCUT2D eigenvalue weighted by molar-refractivity contribution is -0.0167. The summed E-state index contributed by atoms with van der Waals surface area (Å²) < 4.78 is 6.57. The van der Waals surface area contributed by atoms with Crippen molar-refractivity contribution in [2.45, 2.75) is 6.10 Å². The second-order valence-electron chi connectivity index (χ2n) is 3.99. The van der Waals surface area contributed by atoms with E-state index in [0.717, 1.165) is 9.13 Å². The van der Waals surface area contributed by atoms with Gasteiger partial charge in [-0.15, -0.1) is 0 Å². The van der Waals surface area contributed by atoms with E-state index in [0.29, 0.717) is 26.2 Å². The van der Waals surface area contributed by atoms with E-state index < -0.39 is 0 Å². The van der Waals surface area contributed by atoms with Gasteiger partial charge in [0.05, 0.1) is 12.7 Å². The first kappa shape index (κ1) is 12.8. The summed E-state index contributed by atoms with van der Waals surface area (Å²) in [4.78, 5) is 14.0. The molecule has 92 valence electrons. The van der Waals surface area contributed by atoms with Crippen LogP contribution >= 0.6 is 22.6 Å². The number of rotatable bonds is 2. The van der Waals surface area contributed by atoms with E-state index in [1.807, 2.05) is 29.2 Å². The van der Waals surface area contributed by atoms with Crippen molar-refractivity contribution in [2.24, 2.45) is 5.73 Å². The molecule has 1 saturated heterocycles. The van der Waals surface area contributed by atoms with Crippen LogP contribution in [0.2, 0.25) is 0 Å². The lowest BCUT2D eigenvalue weighted by atomic mass is 10.1. The molecule has 1 unspecified atom stereocenters. The van der Waals surface area contributed by atoms with E-state index in [1.165, 1.54) is 0 Å². The summed E-state index contributed by atoms with van der Waals surface area (Å²) in [5.74, 6) is 0.0585. The molecule has 1 aromatic rings. The van der Waals surface area contributed by atoms with Crippen molar-refractivity contribution >= 4 is 28.5 Å². The molecule has 0 spiro atoms. The molecule has 0 radical (unpaired) electrons. The van der Waals surface area contributed by atoms with Gasteiger partial charge in [-0.05, 0) is 46.9 Å². The number of benzene rings is 1. The SMILES string of the molecule is NCC1CN(C(=O)c2ccc(I)cc2)CCO1. The summed E-state index contributed by atoms with van der Waals surface area (Å²) in [6.45, 7) is 2.25. The van der Waals surface area contributed by atoms with E-state index in [2.05, 4.69) is 22.6 Å². The number of halogens is 1. The number of amides is 1. The molecule has 0 bridgehead atoms. The van der Waals surface area contributed by atoms with Gasteiger partial charge in [-0.1, -0.05) is 0 Å². The van der Waals surface area contributed by atoms with Gasteiger partial charge in [0.15, 0.2) is 0 Å². The van der Waals surface area contributed by atoms with E-state index in [4.69, 9.17) is 10.5 Å². The van der Waals surface area contributed by atoms with E-state index >= 15 is 0 Å². The summed E-state index contributed by atoms with van der Waals surface area (Å²) in [6.07, 6.45) is -0.0310. The molecule has 0 aromatic heterocycles. The van der Waals surface area contributed by atoms with Crippen molar-refractivity contribution in [1.29, 1.82) is 0 Å². The first-order chi connectivity index (χ1) is 8.20. The fourth-order valence-electron chi connectivity index (χ4n) is 1.82. The first-order valence-electron chi connectivity index (χ1n) is 5.57. The maximum atomic E-state index is 12.2. The Morgan fingerprint density at radius 1 is 1.47 bits per heavy atom. The molecule has 2 N–H and O–H groups in total. The van der Waals surface area contributed by atoms with Crippen molar-refractivity contribution in [3.63, 3.8) is 0 Å². The monoisotopic (exact) mass is 346 g/mol. The van der Waals surface area contributed by atoms with Gasteiger partial charge in [0, 0.05) is 28.8 Å². The second-order valence-corrected chi connectivity index (χ2v) is 5.23. The Balaban J connectivity index is 2.06. The van der Waals surface area contributed by atoms with Crippen LogP contribution in [0.3, 0.4) is 0 Å². The Morgan fingerprint density at radius 3 is 2.82 bits per heavy atom. The molecule has 1 atom stereocenters. The van der Waals surface area contributed by atoms with Crippen LogP contribution in [0.15, 0.2) is 24.3 Å². The molecule has 4 nitrogen and oxygen atoms in total. The topological polar surface area (TPSA) is 55.6 Å². The van der Waals surface area contributed by atoms with Crippen LogP contribution in [-0.4, -0.2) is 43.2 Å². The quantitative estimate of drug-likeness (QED) is 0.816. The third-order valence-electron chi connectivity index (χ3n) is 2.78. The minimum absolute atomic E-state index is 0.0310. The number of carbonyl (C=O) groups is 1. The van der Waals surface area contributed by atoms with Gasteiger partial charge in [0.1, 0.15) is 0 Å². The van der Waals surface area contributed by atoms with Crippen LogP contribution in [0.4, 0.5) is 0 Å². The Labute approximate surface area is 114 Å². The number of carbonyl (C=O) groups excluding carboxylic acids is 1. The molecule has 0 aliphatic carbocycles. The zero-order valence-corrected chi connectivity index (χ0v) is 11.6. The summed E-state index contributed by atoms with van der Waals surface area (Å²) >= 11 is 2.22. The highest BCUT2D eigenvalue weighted by atomic mass is 127. The van der Waals surface area contributed by atoms with Crippen molar-refractivity contribution in [1.82, 2.24) is 4.90 Å². The molecule has 1 aliphatic heterocycles. The van der Waals surface area contributed by atoms with Crippen LogP contribution in [0.25, 0.3) is 0 Å². The molecule has 1 aromatic carbocycles. The van der Waals surface area contributed by atoms with Crippen molar-refractivity contribution in [3.05, 3.63) is 33.4 Å². The average Bonchev–Trinajstić information content (AvgIpc) is 2.39. The highest BCUT2D eigenvalue weighted by Gasteiger charge is 2.23. The van der Waals surface area contributed by atoms with Gasteiger partial charge in [-0.3, -0.25) is 4.79 Å². The molecule has 17 heavy (non-hydrogen) atoms. The minimum atomic E-state index is -0.0310. The average molecular weight is 346 g/mol. The number of hydrogen-bond donors (Lipinski definition) is 1. The zero-order valence-electron chi connectivity index (χ0n) is 9.43. The van der Waals surface area contributed by atoms with Crippen molar-refractivity contribution in [2.75, 3.05) is 26.2 Å². The molecular weight excluding hydrogens is 331 g/mol. The number of nitrogens with two attached hydrogens (primary N) is 1. The Morgan fingerprint density at radius 2 is 2.18 bits per heavy atom. The number of ether oxygens (including phenoxy) is 1. The van der Waals surface area contributed by atoms with E-state index in [1.54, 1.807) is 0 Å². The van der Waals surface area contributed by atoms with Crippen LogP contribution in [-0.2, 0) is 4.74 Å². The normalized spacial score (nSPS) is 20.4. The standard InChI is InChI=1S/C12H15IN2O2/c13-10-3-1-9(2-4-10)12(16)15-5-6-17-11(7-14)8-15/h1-4,11H,5-8,14H2. The minimum Gasteiger partial charge on any atom is -0.373 e. The second kappa shape index (κ2) is 5.79. The van der Waals surface area contributed by atoms with Crippen LogP contribution in [0, 0.1) is 3.57 Å². The zero-order chi connectivity index (χ0) is 12.3. The summed E-state index contributed by atoms with van der Waals surface area (Å²) in [5.41, 5.74) is 6.29. The predicted molar refractivity (Wildman–Crippen MR) is 73.9 cm³/mol. The molecule has 2 rings (SSSR count). The molecule has 1 aliphatic rings. The predicted octanol–water partition coefficient (Wildman–Crippen LogP) is 1.09. The summed E-state index contributed by atoms with van der Waals surface area (Å²) in [6, 6.07) is 7.59. The third kappa shape index (κ3) is 3.17. The van der Waals surface area contributed by atoms with E-state index in [9.17, 15) is 4.79 Å². The maximum Gasteiger partial charge on any atom is 0.254 e. The molecule has 5 heteroatoms. The van der Waals surface area contributed by atoms with Crippen LogP contribution < -0.4 is 5.73 Å². The molecule has 1 fully saturated rings. The fraction of sp³-hybridized carbons (Fsp3) is 0.417. The van der Waals surface area contributed by atoms with Gasteiger partial charge >= 0.3 is 0 Å². The van der Waals surface area contributed by atoms with E-state index in [-0.39, 0.29) is 12.0 Å². The maximum absolute atomic E-state index is 12.2.